The molecule has 2 N–H and O–H groups in total. The van der Waals surface area contributed by atoms with Crippen LogP contribution in [0.4, 0.5) is 11.4 Å². The number of amides is 1. The van der Waals surface area contributed by atoms with Crippen molar-refractivity contribution < 1.29 is 14.8 Å². The fourth-order valence-electron chi connectivity index (χ4n) is 4.14. The Morgan fingerprint density at radius 3 is 2.68 bits per heavy atom. The molecular formula is C26H20N4O5S2. The summed E-state index contributed by atoms with van der Waals surface area (Å²) >= 11 is 2.51. The molecule has 0 spiro atoms. The normalized spacial score (nSPS) is 15.3. The van der Waals surface area contributed by atoms with Crippen LogP contribution in [0.15, 0.2) is 81.0 Å². The van der Waals surface area contributed by atoms with E-state index in [1.165, 1.54) is 40.2 Å². The third-order valence-electron chi connectivity index (χ3n) is 5.98. The molecule has 1 atom stereocenters. The van der Waals surface area contributed by atoms with Crippen LogP contribution in [-0.2, 0) is 4.79 Å². The number of thiophene rings is 1. The second-order valence-corrected chi connectivity index (χ2v) is 10.4. The molecule has 0 saturated heterocycles. The molecule has 37 heavy (non-hydrogen) atoms. The summed E-state index contributed by atoms with van der Waals surface area (Å²) in [6, 6.07) is 14.0. The van der Waals surface area contributed by atoms with E-state index in [1.807, 2.05) is 48.7 Å². The quantitative estimate of drug-likeness (QED) is 0.298. The number of thiazole rings is 1. The number of nitro groups is 1. The number of aryl methyl sites for hydroxylation is 1. The molecule has 11 heteroatoms. The topological polar surface area (TPSA) is 127 Å². The Morgan fingerprint density at radius 1 is 1.19 bits per heavy atom. The molecular weight excluding hydrogens is 512 g/mol. The van der Waals surface area contributed by atoms with Crippen LogP contribution in [0.1, 0.15) is 29.0 Å². The number of nitrogens with one attached hydrogen (secondary N) is 1. The number of non-ortho nitro benzene ring substituents is 1. The maximum atomic E-state index is 13.7. The number of fused-ring (bicyclic) bond motifs is 1. The SMILES string of the molecule is CC1=C(C(=O)Nc2ccccc2C)[C@@H](c2cccs2)n2c(s/c(=C/c3cc([N+](=O)[O-])ccc3O)c2=O)=N1. The Labute approximate surface area is 218 Å². The van der Waals surface area contributed by atoms with Gasteiger partial charge in [-0.05, 0) is 49.1 Å². The number of allylic oxidation sites excluding steroid dienone is 1. The van der Waals surface area contributed by atoms with Gasteiger partial charge in [0.15, 0.2) is 4.80 Å². The van der Waals surface area contributed by atoms with E-state index < -0.39 is 16.5 Å². The number of aromatic nitrogens is 1. The summed E-state index contributed by atoms with van der Waals surface area (Å²) in [7, 11) is 0. The third kappa shape index (κ3) is 4.50. The molecule has 1 amide bonds. The summed E-state index contributed by atoms with van der Waals surface area (Å²) in [6.45, 7) is 3.63. The molecule has 1 aliphatic heterocycles. The number of benzene rings is 2. The third-order valence-corrected chi connectivity index (χ3v) is 7.89. The zero-order chi connectivity index (χ0) is 26.3. The average Bonchev–Trinajstić information content (AvgIpc) is 3.49. The van der Waals surface area contributed by atoms with Crippen molar-refractivity contribution in [3.8, 4) is 5.75 Å². The lowest BCUT2D eigenvalue weighted by atomic mass is 10.0. The van der Waals surface area contributed by atoms with Crippen molar-refractivity contribution >= 4 is 46.0 Å². The summed E-state index contributed by atoms with van der Waals surface area (Å²) in [6.07, 6.45) is 1.41. The zero-order valence-corrected chi connectivity index (χ0v) is 21.3. The minimum Gasteiger partial charge on any atom is -0.507 e. The van der Waals surface area contributed by atoms with Crippen LogP contribution >= 0.6 is 22.7 Å². The molecule has 0 bridgehead atoms. The summed E-state index contributed by atoms with van der Waals surface area (Å²) in [4.78, 5) is 43.6. The lowest BCUT2D eigenvalue weighted by Crippen LogP contribution is -2.40. The first-order valence-electron chi connectivity index (χ1n) is 11.1. The molecule has 0 radical (unpaired) electrons. The van der Waals surface area contributed by atoms with Crippen LogP contribution in [0.2, 0.25) is 0 Å². The summed E-state index contributed by atoms with van der Waals surface area (Å²) in [5.74, 6) is -0.555. The lowest BCUT2D eigenvalue weighted by Gasteiger charge is -2.24. The van der Waals surface area contributed by atoms with Crippen molar-refractivity contribution in [2.24, 2.45) is 4.99 Å². The molecule has 4 aromatic rings. The highest BCUT2D eigenvalue weighted by atomic mass is 32.1. The van der Waals surface area contributed by atoms with Gasteiger partial charge < -0.3 is 10.4 Å². The van der Waals surface area contributed by atoms with Crippen molar-refractivity contribution in [2.45, 2.75) is 19.9 Å². The first kappa shape index (κ1) is 24.3. The van der Waals surface area contributed by atoms with E-state index in [1.54, 1.807) is 6.92 Å². The maximum absolute atomic E-state index is 13.7. The predicted molar refractivity (Wildman–Crippen MR) is 143 cm³/mol. The van der Waals surface area contributed by atoms with Gasteiger partial charge in [0.2, 0.25) is 0 Å². The molecule has 0 fully saturated rings. The lowest BCUT2D eigenvalue weighted by molar-refractivity contribution is -0.384. The van der Waals surface area contributed by atoms with Crippen LogP contribution in [0.5, 0.6) is 5.75 Å². The smallest absolute Gasteiger partial charge is 0.271 e. The number of para-hydroxylation sites is 1. The molecule has 1 aliphatic rings. The molecule has 0 unspecified atom stereocenters. The van der Waals surface area contributed by atoms with E-state index in [9.17, 15) is 24.8 Å². The largest absolute Gasteiger partial charge is 0.507 e. The van der Waals surface area contributed by atoms with Crippen molar-refractivity contribution in [1.29, 1.82) is 0 Å². The number of nitro benzene ring substituents is 1. The average molecular weight is 533 g/mol. The predicted octanol–water partition coefficient (Wildman–Crippen LogP) is 3.86. The summed E-state index contributed by atoms with van der Waals surface area (Å²) in [5, 5.41) is 26.3. The van der Waals surface area contributed by atoms with E-state index in [-0.39, 0.29) is 27.4 Å². The van der Waals surface area contributed by atoms with Crippen molar-refractivity contribution in [3.05, 3.63) is 117 Å². The number of phenols is 1. The minimum atomic E-state index is -0.707. The Kier molecular flexibility index (Phi) is 6.32. The molecule has 0 saturated carbocycles. The Hall–Kier alpha value is -4.35. The fourth-order valence-corrected chi connectivity index (χ4v) is 6.00. The highest BCUT2D eigenvalue weighted by Crippen LogP contribution is 2.33. The molecule has 2 aromatic heterocycles. The second-order valence-electron chi connectivity index (χ2n) is 8.37. The summed E-state index contributed by atoms with van der Waals surface area (Å²) < 4.78 is 1.70. The summed E-state index contributed by atoms with van der Waals surface area (Å²) in [5.41, 5.74) is 1.91. The van der Waals surface area contributed by atoms with Gasteiger partial charge in [0, 0.05) is 28.3 Å². The molecule has 186 valence electrons. The van der Waals surface area contributed by atoms with Crippen molar-refractivity contribution in [3.63, 3.8) is 0 Å². The molecule has 9 nitrogen and oxygen atoms in total. The zero-order valence-electron chi connectivity index (χ0n) is 19.7. The van der Waals surface area contributed by atoms with E-state index in [0.29, 0.717) is 21.8 Å². The first-order valence-corrected chi connectivity index (χ1v) is 12.8. The van der Waals surface area contributed by atoms with Crippen LogP contribution < -0.4 is 20.2 Å². The maximum Gasteiger partial charge on any atom is 0.271 e. The van der Waals surface area contributed by atoms with Crippen molar-refractivity contribution in [1.82, 2.24) is 4.57 Å². The highest BCUT2D eigenvalue weighted by Gasteiger charge is 2.33. The van der Waals surface area contributed by atoms with Crippen molar-refractivity contribution in [2.75, 3.05) is 5.32 Å². The van der Waals surface area contributed by atoms with E-state index in [2.05, 4.69) is 10.3 Å². The first-order chi connectivity index (χ1) is 17.7. The molecule has 5 rings (SSSR count). The van der Waals surface area contributed by atoms with Crippen LogP contribution in [0, 0.1) is 17.0 Å². The van der Waals surface area contributed by atoms with Gasteiger partial charge >= 0.3 is 0 Å². The number of hydrogen-bond acceptors (Lipinski definition) is 8. The Bertz CT molecular complexity index is 1770. The number of hydrogen-bond donors (Lipinski definition) is 2. The molecule has 0 aliphatic carbocycles. The number of phenolic OH excluding ortho intramolecular Hbond substituents is 1. The second kappa shape index (κ2) is 9.60. The van der Waals surface area contributed by atoms with Gasteiger partial charge in [-0.1, -0.05) is 35.6 Å². The standard InChI is InChI=1S/C26H20N4O5S2/c1-14-6-3-4-7-18(14)28-24(32)22-15(2)27-26-29(23(22)20-8-5-11-36-20)25(33)21(37-26)13-16-12-17(30(34)35)9-10-19(16)31/h3-13,23,31H,1-2H3,(H,28,32)/b21-13+/t23-/m1/s1. The minimum absolute atomic E-state index is 0.139. The van der Waals surface area contributed by atoms with Gasteiger partial charge in [0.05, 0.1) is 20.7 Å². The number of rotatable bonds is 5. The number of anilines is 1. The fraction of sp³-hybridized carbons (Fsp3) is 0.115. The Balaban J connectivity index is 1.66. The van der Waals surface area contributed by atoms with Gasteiger partial charge in [0.1, 0.15) is 11.8 Å². The number of aromatic hydroxyl groups is 1. The number of carbonyl (C=O) groups excluding carboxylic acids is 1. The van der Waals surface area contributed by atoms with Gasteiger partial charge in [-0.2, -0.15) is 0 Å². The monoisotopic (exact) mass is 532 g/mol. The molecule has 3 heterocycles. The van der Waals surface area contributed by atoms with Gasteiger partial charge in [0.25, 0.3) is 17.2 Å². The van der Waals surface area contributed by atoms with Gasteiger partial charge in [-0.25, -0.2) is 4.99 Å². The van der Waals surface area contributed by atoms with Crippen LogP contribution in [-0.4, -0.2) is 20.5 Å². The highest BCUT2D eigenvalue weighted by molar-refractivity contribution is 7.10. The van der Waals surface area contributed by atoms with E-state index in [4.69, 9.17) is 0 Å². The van der Waals surface area contributed by atoms with E-state index >= 15 is 0 Å². The Morgan fingerprint density at radius 2 is 1.97 bits per heavy atom. The van der Waals surface area contributed by atoms with Crippen LogP contribution in [0.3, 0.4) is 0 Å². The van der Waals surface area contributed by atoms with E-state index in [0.717, 1.165) is 21.8 Å². The number of carbonyl (C=O) groups is 1. The molecule has 2 aromatic carbocycles. The van der Waals surface area contributed by atoms with Gasteiger partial charge in [-0.3, -0.25) is 24.3 Å². The van der Waals surface area contributed by atoms with Gasteiger partial charge in [-0.15, -0.1) is 11.3 Å². The number of nitrogens with zero attached hydrogens (tertiary/aromatic N) is 3. The van der Waals surface area contributed by atoms with Crippen LogP contribution in [0.25, 0.3) is 6.08 Å².